The maximum atomic E-state index is 2.85. The maximum Gasteiger partial charge on any atom is 0.0395 e. The molecule has 0 spiro atoms. The Morgan fingerprint density at radius 2 is 2.17 bits per heavy atom. The van der Waals surface area contributed by atoms with Gasteiger partial charge in [-0.15, -0.1) is 0 Å². The standard InChI is InChI=1S/C17H29N/c1-3-4-6-14-9-11-17(2)16-8-5-7-15(16)10-12-18(17)13-14/h14H,3-13H2,1-2H3. The van der Waals surface area contributed by atoms with E-state index in [-0.39, 0.29) is 0 Å². The Balaban J connectivity index is 1.72. The molecule has 2 atom stereocenters. The van der Waals surface area contributed by atoms with Crippen molar-refractivity contribution < 1.29 is 0 Å². The van der Waals surface area contributed by atoms with Crippen molar-refractivity contribution in [1.82, 2.24) is 4.90 Å². The fraction of sp³-hybridized carbons (Fsp3) is 0.882. The second-order valence-electron chi connectivity index (χ2n) is 6.95. The third-order valence-corrected chi connectivity index (χ3v) is 5.85. The summed E-state index contributed by atoms with van der Waals surface area (Å²) in [5.74, 6) is 0.988. The molecule has 1 aliphatic carbocycles. The predicted octanol–water partition coefficient (Wildman–Crippen LogP) is 4.53. The van der Waals surface area contributed by atoms with Gasteiger partial charge < -0.3 is 0 Å². The first-order valence-electron chi connectivity index (χ1n) is 8.20. The van der Waals surface area contributed by atoms with Crippen LogP contribution in [0.25, 0.3) is 0 Å². The van der Waals surface area contributed by atoms with Crippen LogP contribution in [0.4, 0.5) is 0 Å². The van der Waals surface area contributed by atoms with Crippen LogP contribution >= 0.6 is 0 Å². The van der Waals surface area contributed by atoms with Crippen LogP contribution in [-0.4, -0.2) is 23.5 Å². The monoisotopic (exact) mass is 247 g/mol. The van der Waals surface area contributed by atoms with Gasteiger partial charge in [-0.05, 0) is 57.8 Å². The molecule has 3 rings (SSSR count). The lowest BCUT2D eigenvalue weighted by molar-refractivity contribution is 0.0455. The first kappa shape index (κ1) is 12.7. The number of rotatable bonds is 3. The highest BCUT2D eigenvalue weighted by Gasteiger charge is 2.44. The number of piperidine rings is 1. The summed E-state index contributed by atoms with van der Waals surface area (Å²) in [6, 6.07) is 0. The highest BCUT2D eigenvalue weighted by molar-refractivity contribution is 5.33. The van der Waals surface area contributed by atoms with Crippen LogP contribution in [-0.2, 0) is 0 Å². The van der Waals surface area contributed by atoms with Crippen molar-refractivity contribution in [3.63, 3.8) is 0 Å². The molecule has 0 aromatic carbocycles. The van der Waals surface area contributed by atoms with Gasteiger partial charge in [0.15, 0.2) is 0 Å². The Morgan fingerprint density at radius 1 is 1.28 bits per heavy atom. The van der Waals surface area contributed by atoms with Crippen LogP contribution in [0.1, 0.15) is 71.6 Å². The predicted molar refractivity (Wildman–Crippen MR) is 77.7 cm³/mol. The molecular formula is C17H29N. The number of unbranched alkanes of at least 4 members (excludes halogenated alkanes) is 1. The first-order valence-corrected chi connectivity index (χ1v) is 8.20. The average Bonchev–Trinajstić information content (AvgIpc) is 2.86. The lowest BCUT2D eigenvalue weighted by atomic mass is 9.73. The molecule has 0 N–H and O–H groups in total. The van der Waals surface area contributed by atoms with Gasteiger partial charge in [-0.1, -0.05) is 30.9 Å². The summed E-state index contributed by atoms with van der Waals surface area (Å²) in [6.07, 6.45) is 12.8. The molecule has 3 aliphatic rings. The minimum absolute atomic E-state index is 0.465. The molecule has 0 aromatic rings. The molecule has 1 heteroatoms. The van der Waals surface area contributed by atoms with Crippen molar-refractivity contribution in [3.05, 3.63) is 11.1 Å². The van der Waals surface area contributed by atoms with Crippen LogP contribution in [0.15, 0.2) is 11.1 Å². The Morgan fingerprint density at radius 3 is 3.00 bits per heavy atom. The normalized spacial score (nSPS) is 36.7. The van der Waals surface area contributed by atoms with Gasteiger partial charge in [0.2, 0.25) is 0 Å². The van der Waals surface area contributed by atoms with Crippen LogP contribution in [0.2, 0.25) is 0 Å². The molecule has 0 aromatic heterocycles. The van der Waals surface area contributed by atoms with E-state index >= 15 is 0 Å². The second-order valence-corrected chi connectivity index (χ2v) is 6.95. The second kappa shape index (κ2) is 5.00. The van der Waals surface area contributed by atoms with E-state index in [1.54, 1.807) is 0 Å². The molecule has 102 valence electrons. The van der Waals surface area contributed by atoms with Crippen molar-refractivity contribution in [2.24, 2.45) is 5.92 Å². The number of nitrogens with zero attached hydrogens (tertiary/aromatic N) is 1. The molecule has 0 radical (unpaired) electrons. The van der Waals surface area contributed by atoms with Crippen molar-refractivity contribution in [1.29, 1.82) is 0 Å². The summed E-state index contributed by atoms with van der Waals surface area (Å²) in [5, 5.41) is 0. The van der Waals surface area contributed by atoms with Crippen LogP contribution < -0.4 is 0 Å². The van der Waals surface area contributed by atoms with Crippen LogP contribution in [0, 0.1) is 5.92 Å². The zero-order chi connectivity index (χ0) is 12.6. The lowest BCUT2D eigenvalue weighted by Crippen LogP contribution is -2.55. The molecule has 1 saturated heterocycles. The van der Waals surface area contributed by atoms with Gasteiger partial charge in [0, 0.05) is 18.6 Å². The van der Waals surface area contributed by atoms with E-state index in [1.807, 2.05) is 11.1 Å². The molecule has 0 amide bonds. The van der Waals surface area contributed by atoms with Gasteiger partial charge in [-0.25, -0.2) is 0 Å². The fourth-order valence-electron chi connectivity index (χ4n) is 4.66. The quantitative estimate of drug-likeness (QED) is 0.662. The third-order valence-electron chi connectivity index (χ3n) is 5.85. The van der Waals surface area contributed by atoms with Gasteiger partial charge >= 0.3 is 0 Å². The van der Waals surface area contributed by atoms with Gasteiger partial charge in [0.25, 0.3) is 0 Å². The van der Waals surface area contributed by atoms with Crippen molar-refractivity contribution in [2.75, 3.05) is 13.1 Å². The summed E-state index contributed by atoms with van der Waals surface area (Å²) >= 11 is 0. The molecule has 1 fully saturated rings. The Labute approximate surface area is 113 Å². The SMILES string of the molecule is CCCCC1CCC2(C)C3=C(CCC3)CCN2C1. The summed E-state index contributed by atoms with van der Waals surface area (Å²) in [6.45, 7) is 7.59. The van der Waals surface area contributed by atoms with E-state index in [4.69, 9.17) is 0 Å². The molecule has 2 unspecified atom stereocenters. The molecular weight excluding hydrogens is 218 g/mol. The number of hydrogen-bond donors (Lipinski definition) is 0. The number of hydrogen-bond acceptors (Lipinski definition) is 1. The lowest BCUT2D eigenvalue weighted by Gasteiger charge is -2.52. The third kappa shape index (κ3) is 2.05. The Hall–Kier alpha value is -0.300. The minimum Gasteiger partial charge on any atom is -0.294 e. The fourth-order valence-corrected chi connectivity index (χ4v) is 4.66. The maximum absolute atomic E-state index is 2.85. The summed E-state index contributed by atoms with van der Waals surface area (Å²) in [5.41, 5.74) is 4.18. The smallest absolute Gasteiger partial charge is 0.0395 e. The van der Waals surface area contributed by atoms with Crippen LogP contribution in [0.3, 0.4) is 0 Å². The van der Waals surface area contributed by atoms with Gasteiger partial charge in [-0.2, -0.15) is 0 Å². The van der Waals surface area contributed by atoms with E-state index in [0.29, 0.717) is 5.54 Å². The highest BCUT2D eigenvalue weighted by atomic mass is 15.2. The molecule has 18 heavy (non-hydrogen) atoms. The average molecular weight is 247 g/mol. The molecule has 2 aliphatic heterocycles. The Kier molecular flexibility index (Phi) is 3.53. The van der Waals surface area contributed by atoms with Gasteiger partial charge in [0.1, 0.15) is 0 Å². The van der Waals surface area contributed by atoms with E-state index in [2.05, 4.69) is 18.7 Å². The highest BCUT2D eigenvalue weighted by Crippen LogP contribution is 2.47. The van der Waals surface area contributed by atoms with E-state index in [9.17, 15) is 0 Å². The topological polar surface area (TPSA) is 3.24 Å². The molecule has 0 bridgehead atoms. The van der Waals surface area contributed by atoms with Crippen LogP contribution in [0.5, 0.6) is 0 Å². The first-order chi connectivity index (χ1) is 8.74. The van der Waals surface area contributed by atoms with E-state index < -0.39 is 0 Å². The van der Waals surface area contributed by atoms with Gasteiger partial charge in [-0.3, -0.25) is 4.90 Å². The summed E-state index contributed by atoms with van der Waals surface area (Å²) in [7, 11) is 0. The van der Waals surface area contributed by atoms with E-state index in [1.165, 1.54) is 70.9 Å². The van der Waals surface area contributed by atoms with Crippen molar-refractivity contribution >= 4 is 0 Å². The summed E-state index contributed by atoms with van der Waals surface area (Å²) in [4.78, 5) is 2.85. The van der Waals surface area contributed by atoms with Crippen molar-refractivity contribution in [3.8, 4) is 0 Å². The minimum atomic E-state index is 0.465. The zero-order valence-corrected chi connectivity index (χ0v) is 12.3. The zero-order valence-electron chi connectivity index (χ0n) is 12.3. The Bertz CT molecular complexity index is 344. The van der Waals surface area contributed by atoms with Gasteiger partial charge in [0.05, 0.1) is 0 Å². The molecule has 2 heterocycles. The van der Waals surface area contributed by atoms with E-state index in [0.717, 1.165) is 5.92 Å². The molecule has 1 nitrogen and oxygen atoms in total. The summed E-state index contributed by atoms with van der Waals surface area (Å²) < 4.78 is 0. The largest absolute Gasteiger partial charge is 0.294 e. The van der Waals surface area contributed by atoms with Crippen molar-refractivity contribution in [2.45, 2.75) is 77.2 Å². The molecule has 0 saturated carbocycles. The number of fused-ring (bicyclic) bond motifs is 2.